The zero-order chi connectivity index (χ0) is 19.4. The number of hydrogen-bond donors (Lipinski definition) is 1. The number of sulfonamides is 1. The van der Waals surface area contributed by atoms with Gasteiger partial charge in [-0.1, -0.05) is 12.1 Å². The van der Waals surface area contributed by atoms with Crippen molar-refractivity contribution < 1.29 is 30.7 Å². The summed E-state index contributed by atoms with van der Waals surface area (Å²) in [5.41, 5.74) is 0.315. The number of ether oxygens (including phenoxy) is 1. The number of halogens is 5. The molecule has 0 unspecified atom stereocenters. The van der Waals surface area contributed by atoms with Gasteiger partial charge in [-0.05, 0) is 43.6 Å². The third kappa shape index (κ3) is 6.28. The van der Waals surface area contributed by atoms with Gasteiger partial charge in [-0.3, -0.25) is 0 Å². The van der Waals surface area contributed by atoms with Crippen LogP contribution in [0, 0.1) is 0 Å². The predicted octanol–water partition coefficient (Wildman–Crippen LogP) is 2.90. The van der Waals surface area contributed by atoms with Gasteiger partial charge in [-0.25, -0.2) is 17.2 Å². The Morgan fingerprint density at radius 3 is 2.52 bits per heavy atom. The maximum absolute atomic E-state index is 12.8. The molecule has 0 aliphatic carbocycles. The largest absolute Gasteiger partial charge is 0.370 e. The normalized spacial score (nSPS) is 16.6. The monoisotopic (exact) mass is 434 g/mol. The predicted molar refractivity (Wildman–Crippen MR) is 95.1 cm³/mol. The molecule has 1 fully saturated rings. The summed E-state index contributed by atoms with van der Waals surface area (Å²) in [5, 5.41) is 3.16. The molecule has 1 aromatic carbocycles. The quantitative estimate of drug-likeness (QED) is 0.639. The van der Waals surface area contributed by atoms with Crippen LogP contribution in [0.1, 0.15) is 18.4 Å². The van der Waals surface area contributed by atoms with E-state index in [1.165, 1.54) is 35.6 Å². The minimum atomic E-state index is -4.24. The zero-order valence-corrected chi connectivity index (χ0v) is 16.3. The van der Waals surface area contributed by atoms with E-state index in [1.807, 2.05) is 0 Å². The van der Waals surface area contributed by atoms with Crippen LogP contribution in [-0.4, -0.2) is 57.9 Å². The molecular formula is C16H23ClF4N2O3S. The highest BCUT2D eigenvalue weighted by Gasteiger charge is 2.41. The Hall–Kier alpha value is -0.940. The maximum Gasteiger partial charge on any atom is 0.330 e. The van der Waals surface area contributed by atoms with Gasteiger partial charge in [0.1, 0.15) is 6.61 Å². The van der Waals surface area contributed by atoms with Gasteiger partial charge in [0.2, 0.25) is 10.0 Å². The molecule has 0 amide bonds. The summed E-state index contributed by atoms with van der Waals surface area (Å²) in [6, 6.07) is 5.56. The molecule has 0 spiro atoms. The van der Waals surface area contributed by atoms with E-state index in [9.17, 15) is 26.0 Å². The van der Waals surface area contributed by atoms with Crippen molar-refractivity contribution in [3.63, 3.8) is 0 Å². The SMILES string of the molecule is CN(C1CCNCC1)S(=O)(=O)c1cccc(COCC(F)(F)C(F)F)c1.Cl. The lowest BCUT2D eigenvalue weighted by Gasteiger charge is -2.30. The molecule has 0 aromatic heterocycles. The number of nitrogens with one attached hydrogen (secondary N) is 1. The molecule has 11 heteroatoms. The van der Waals surface area contributed by atoms with Gasteiger partial charge in [-0.15, -0.1) is 12.4 Å². The minimum Gasteiger partial charge on any atom is -0.370 e. The summed E-state index contributed by atoms with van der Waals surface area (Å²) in [6.45, 7) is -0.354. The summed E-state index contributed by atoms with van der Waals surface area (Å²) in [5.74, 6) is -4.24. The Balaban J connectivity index is 0.00000364. The number of benzene rings is 1. The van der Waals surface area contributed by atoms with Crippen molar-refractivity contribution in [3.05, 3.63) is 29.8 Å². The van der Waals surface area contributed by atoms with Gasteiger partial charge in [0.25, 0.3) is 0 Å². The van der Waals surface area contributed by atoms with Crippen LogP contribution >= 0.6 is 12.4 Å². The molecule has 1 aromatic rings. The van der Waals surface area contributed by atoms with Crippen LogP contribution in [0.2, 0.25) is 0 Å². The van der Waals surface area contributed by atoms with E-state index >= 15 is 0 Å². The van der Waals surface area contributed by atoms with Crippen molar-refractivity contribution in [2.24, 2.45) is 0 Å². The fraction of sp³-hybridized carbons (Fsp3) is 0.625. The molecule has 5 nitrogen and oxygen atoms in total. The topological polar surface area (TPSA) is 58.6 Å². The highest BCUT2D eigenvalue weighted by Crippen LogP contribution is 2.24. The van der Waals surface area contributed by atoms with Crippen molar-refractivity contribution in [2.45, 2.75) is 42.7 Å². The van der Waals surface area contributed by atoms with E-state index in [0.717, 1.165) is 13.1 Å². The van der Waals surface area contributed by atoms with Gasteiger partial charge in [-0.2, -0.15) is 13.1 Å². The third-order valence-electron chi connectivity index (χ3n) is 4.28. The second-order valence-corrected chi connectivity index (χ2v) is 8.20. The molecule has 1 saturated heterocycles. The van der Waals surface area contributed by atoms with Crippen molar-refractivity contribution in [1.29, 1.82) is 0 Å². The van der Waals surface area contributed by atoms with Crippen molar-refractivity contribution in [1.82, 2.24) is 9.62 Å². The second kappa shape index (κ2) is 10.0. The number of hydrogen-bond acceptors (Lipinski definition) is 4. The Morgan fingerprint density at radius 2 is 1.93 bits per heavy atom. The summed E-state index contributed by atoms with van der Waals surface area (Å²) in [7, 11) is -2.23. The van der Waals surface area contributed by atoms with Gasteiger partial charge in [0.05, 0.1) is 11.5 Å². The van der Waals surface area contributed by atoms with Crippen LogP contribution in [0.4, 0.5) is 17.6 Å². The molecule has 0 radical (unpaired) electrons. The van der Waals surface area contributed by atoms with Crippen LogP contribution in [0.15, 0.2) is 29.2 Å². The lowest BCUT2D eigenvalue weighted by Crippen LogP contribution is -2.43. The molecule has 1 aliphatic rings. The first kappa shape index (κ1) is 24.1. The third-order valence-corrected chi connectivity index (χ3v) is 6.19. The smallest absolute Gasteiger partial charge is 0.330 e. The molecular weight excluding hydrogens is 412 g/mol. The van der Waals surface area contributed by atoms with Crippen molar-refractivity contribution in [2.75, 3.05) is 26.7 Å². The molecule has 156 valence electrons. The summed E-state index contributed by atoms with van der Waals surface area (Å²) in [6.07, 6.45) is -2.42. The summed E-state index contributed by atoms with van der Waals surface area (Å²) >= 11 is 0. The Labute approximate surface area is 162 Å². The molecule has 1 N–H and O–H groups in total. The first-order valence-corrected chi connectivity index (χ1v) is 9.60. The first-order chi connectivity index (χ1) is 12.1. The average molecular weight is 435 g/mol. The van der Waals surface area contributed by atoms with Gasteiger partial charge >= 0.3 is 12.3 Å². The van der Waals surface area contributed by atoms with Gasteiger partial charge in [0.15, 0.2) is 0 Å². The first-order valence-electron chi connectivity index (χ1n) is 8.16. The van der Waals surface area contributed by atoms with Crippen LogP contribution in [-0.2, 0) is 21.4 Å². The summed E-state index contributed by atoms with van der Waals surface area (Å²) < 4.78 is 81.4. The lowest BCUT2D eigenvalue weighted by atomic mass is 10.1. The molecule has 27 heavy (non-hydrogen) atoms. The van der Waals surface area contributed by atoms with Crippen LogP contribution in [0.25, 0.3) is 0 Å². The number of nitrogens with zero attached hydrogens (tertiary/aromatic N) is 1. The fourth-order valence-corrected chi connectivity index (χ4v) is 4.18. The van der Waals surface area contributed by atoms with Crippen LogP contribution in [0.3, 0.4) is 0 Å². The highest BCUT2D eigenvalue weighted by atomic mass is 35.5. The zero-order valence-electron chi connectivity index (χ0n) is 14.7. The molecule has 0 bridgehead atoms. The minimum absolute atomic E-state index is 0. The van der Waals surface area contributed by atoms with Gasteiger partial charge < -0.3 is 10.1 Å². The standard InChI is InChI=1S/C16H22F4N2O3S.ClH/c1-22(13-5-7-21-8-6-13)26(23,24)14-4-2-3-12(9-14)10-25-11-16(19,20)15(17)18;/h2-4,9,13,15,21H,5-8,10-11H2,1H3;1H. The average Bonchev–Trinajstić information content (AvgIpc) is 2.61. The van der Waals surface area contributed by atoms with E-state index in [1.54, 1.807) is 0 Å². The molecule has 1 aliphatic heterocycles. The molecule has 2 rings (SSSR count). The second-order valence-electron chi connectivity index (χ2n) is 6.20. The van der Waals surface area contributed by atoms with E-state index < -0.39 is 29.0 Å². The number of rotatable bonds is 8. The number of piperidine rings is 1. The molecule has 0 saturated carbocycles. The Kier molecular flexibility index (Phi) is 8.94. The molecule has 0 atom stereocenters. The molecule has 1 heterocycles. The van der Waals surface area contributed by atoms with E-state index in [-0.39, 0.29) is 30.0 Å². The highest BCUT2D eigenvalue weighted by molar-refractivity contribution is 7.89. The Bertz CT molecular complexity index is 701. The number of alkyl halides is 4. The summed E-state index contributed by atoms with van der Waals surface area (Å²) in [4.78, 5) is 0.0141. The Morgan fingerprint density at radius 1 is 1.30 bits per heavy atom. The van der Waals surface area contributed by atoms with Crippen molar-refractivity contribution in [3.8, 4) is 0 Å². The lowest BCUT2D eigenvalue weighted by molar-refractivity contribution is -0.168. The fourth-order valence-electron chi connectivity index (χ4n) is 2.70. The van der Waals surface area contributed by atoms with E-state index in [2.05, 4.69) is 10.1 Å². The van der Waals surface area contributed by atoms with E-state index in [0.29, 0.717) is 18.4 Å². The van der Waals surface area contributed by atoms with Crippen LogP contribution < -0.4 is 5.32 Å². The van der Waals surface area contributed by atoms with Crippen molar-refractivity contribution >= 4 is 22.4 Å². The van der Waals surface area contributed by atoms with Gasteiger partial charge in [0, 0.05) is 13.1 Å². The maximum atomic E-state index is 12.8. The van der Waals surface area contributed by atoms with E-state index in [4.69, 9.17) is 0 Å². The van der Waals surface area contributed by atoms with Crippen LogP contribution in [0.5, 0.6) is 0 Å².